The van der Waals surface area contributed by atoms with Crippen molar-refractivity contribution < 1.29 is 0 Å². The van der Waals surface area contributed by atoms with Crippen LogP contribution in [0.5, 0.6) is 0 Å². The van der Waals surface area contributed by atoms with Gasteiger partial charge in [-0.1, -0.05) is 42.6 Å². The van der Waals surface area contributed by atoms with Crippen LogP contribution in [0, 0.1) is 0 Å². The number of nitrogens with one attached hydrogen (secondary N) is 1. The van der Waals surface area contributed by atoms with Gasteiger partial charge < -0.3 is 5.32 Å². The average molecular weight is 360 g/mol. The molecule has 116 valence electrons. The van der Waals surface area contributed by atoms with Gasteiger partial charge in [-0.25, -0.2) is 0 Å². The predicted octanol–water partition coefficient (Wildman–Crippen LogP) is 4.58. The van der Waals surface area contributed by atoms with E-state index in [9.17, 15) is 0 Å². The predicted molar refractivity (Wildman–Crippen MR) is 93.0 cm³/mol. The van der Waals surface area contributed by atoms with Gasteiger partial charge in [0.05, 0.1) is 0 Å². The topological polar surface area (TPSA) is 15.3 Å². The maximum atomic E-state index is 6.35. The summed E-state index contributed by atoms with van der Waals surface area (Å²) in [7, 11) is 0. The van der Waals surface area contributed by atoms with Crippen LogP contribution in [0.3, 0.4) is 0 Å². The van der Waals surface area contributed by atoms with Gasteiger partial charge in [-0.3, -0.25) is 4.90 Å². The van der Waals surface area contributed by atoms with Crippen LogP contribution in [0.4, 0.5) is 0 Å². The molecule has 0 aromatic heterocycles. The number of halogens is 4. The lowest BCUT2D eigenvalue weighted by molar-refractivity contribution is 0.165. The van der Waals surface area contributed by atoms with Crippen molar-refractivity contribution in [2.45, 2.75) is 25.8 Å². The Morgan fingerprint density at radius 2 is 1.70 bits per heavy atom. The number of hydrogen-bond acceptors (Lipinski definition) is 2. The Labute approximate surface area is 144 Å². The first-order valence-electron chi connectivity index (χ1n) is 6.62. The van der Waals surface area contributed by atoms with Gasteiger partial charge in [0.15, 0.2) is 0 Å². The van der Waals surface area contributed by atoms with E-state index in [1.165, 1.54) is 0 Å². The minimum Gasteiger partial charge on any atom is -0.314 e. The molecule has 1 aromatic carbocycles. The highest BCUT2D eigenvalue weighted by Gasteiger charge is 2.25. The Morgan fingerprint density at radius 1 is 1.15 bits per heavy atom. The van der Waals surface area contributed by atoms with Crippen molar-refractivity contribution in [2.75, 3.05) is 26.2 Å². The van der Waals surface area contributed by atoms with Gasteiger partial charge in [-0.2, -0.15) is 0 Å². The summed E-state index contributed by atoms with van der Waals surface area (Å²) in [6.07, 6.45) is 2.24. The molecule has 1 atom stereocenters. The number of rotatable bonds is 4. The van der Waals surface area contributed by atoms with Crippen LogP contribution in [-0.4, -0.2) is 31.1 Å². The standard InChI is InChI=1S/C14H20Cl2N2.2ClH/c1-2-4-13(18-9-7-17-8-10-18)14-11(15)5-3-6-12(14)16;;/h3,5-6,13,17H,2,4,7-10H2,1H3;2*1H/t13-;;/m1../s1. The first-order valence-corrected chi connectivity index (χ1v) is 7.38. The Kier molecular flexibility index (Phi) is 10.2. The highest BCUT2D eigenvalue weighted by molar-refractivity contribution is 6.36. The van der Waals surface area contributed by atoms with Crippen molar-refractivity contribution in [1.29, 1.82) is 0 Å². The third-order valence-corrected chi connectivity index (χ3v) is 4.15. The summed E-state index contributed by atoms with van der Waals surface area (Å²) >= 11 is 12.7. The van der Waals surface area contributed by atoms with Gasteiger partial charge in [-0.15, -0.1) is 24.8 Å². The van der Waals surface area contributed by atoms with Crippen LogP contribution in [-0.2, 0) is 0 Å². The summed E-state index contributed by atoms with van der Waals surface area (Å²) in [5.74, 6) is 0. The quantitative estimate of drug-likeness (QED) is 0.846. The van der Waals surface area contributed by atoms with Crippen molar-refractivity contribution in [1.82, 2.24) is 10.2 Å². The van der Waals surface area contributed by atoms with Crippen LogP contribution in [0.15, 0.2) is 18.2 Å². The van der Waals surface area contributed by atoms with Crippen LogP contribution in [0.25, 0.3) is 0 Å². The number of hydrogen-bond donors (Lipinski definition) is 1. The van der Waals surface area contributed by atoms with E-state index in [0.29, 0.717) is 6.04 Å². The molecule has 1 aliphatic heterocycles. The highest BCUT2D eigenvalue weighted by Crippen LogP contribution is 2.36. The fourth-order valence-electron chi connectivity index (χ4n) is 2.61. The van der Waals surface area contributed by atoms with Gasteiger partial charge in [0.2, 0.25) is 0 Å². The second kappa shape index (κ2) is 10.1. The summed E-state index contributed by atoms with van der Waals surface area (Å²) in [5, 5.41) is 4.97. The molecule has 1 aliphatic rings. The molecular formula is C14H22Cl4N2. The molecule has 0 amide bonds. The fourth-order valence-corrected chi connectivity index (χ4v) is 3.26. The van der Waals surface area contributed by atoms with Gasteiger partial charge in [0, 0.05) is 47.8 Å². The maximum absolute atomic E-state index is 6.35. The van der Waals surface area contributed by atoms with Gasteiger partial charge in [0.1, 0.15) is 0 Å². The van der Waals surface area contributed by atoms with E-state index in [0.717, 1.165) is 54.6 Å². The molecule has 1 fully saturated rings. The minimum absolute atomic E-state index is 0. The molecule has 0 spiro atoms. The van der Waals surface area contributed by atoms with Gasteiger partial charge >= 0.3 is 0 Å². The summed E-state index contributed by atoms with van der Waals surface area (Å²) in [6, 6.07) is 6.13. The third-order valence-electron chi connectivity index (χ3n) is 3.49. The van der Waals surface area contributed by atoms with Gasteiger partial charge in [0.25, 0.3) is 0 Å². The maximum Gasteiger partial charge on any atom is 0.0468 e. The van der Waals surface area contributed by atoms with Crippen LogP contribution in [0.1, 0.15) is 31.4 Å². The van der Waals surface area contributed by atoms with Crippen molar-refractivity contribution in [3.8, 4) is 0 Å². The lowest BCUT2D eigenvalue weighted by Crippen LogP contribution is -2.45. The molecule has 0 unspecified atom stereocenters. The molecule has 2 nitrogen and oxygen atoms in total. The molecule has 0 radical (unpaired) electrons. The average Bonchev–Trinajstić information content (AvgIpc) is 2.38. The second-order valence-electron chi connectivity index (χ2n) is 4.73. The molecule has 1 heterocycles. The zero-order chi connectivity index (χ0) is 13.0. The SMILES string of the molecule is CCC[C@H](c1c(Cl)cccc1Cl)N1CCNCC1.Cl.Cl. The second-order valence-corrected chi connectivity index (χ2v) is 5.54. The monoisotopic (exact) mass is 358 g/mol. The summed E-state index contributed by atoms with van der Waals surface area (Å²) < 4.78 is 0. The molecule has 1 saturated heterocycles. The van der Waals surface area contributed by atoms with Crippen molar-refractivity contribution in [2.24, 2.45) is 0 Å². The van der Waals surface area contributed by atoms with E-state index in [2.05, 4.69) is 17.1 Å². The van der Waals surface area contributed by atoms with Crippen molar-refractivity contribution in [3.63, 3.8) is 0 Å². The molecule has 0 saturated carbocycles. The molecule has 1 N–H and O–H groups in total. The Morgan fingerprint density at radius 3 is 2.20 bits per heavy atom. The van der Waals surface area contributed by atoms with E-state index in [4.69, 9.17) is 23.2 Å². The van der Waals surface area contributed by atoms with E-state index in [1.54, 1.807) is 0 Å². The first kappa shape index (κ1) is 20.3. The summed E-state index contributed by atoms with van der Waals surface area (Å²) in [4.78, 5) is 2.49. The molecule has 1 aromatic rings. The molecular weight excluding hydrogens is 338 g/mol. The van der Waals surface area contributed by atoms with Crippen LogP contribution < -0.4 is 5.32 Å². The fraction of sp³-hybridized carbons (Fsp3) is 0.571. The van der Waals surface area contributed by atoms with Crippen molar-refractivity contribution >= 4 is 48.0 Å². The minimum atomic E-state index is 0. The summed E-state index contributed by atoms with van der Waals surface area (Å²) in [5.41, 5.74) is 1.10. The highest BCUT2D eigenvalue weighted by atomic mass is 35.5. The first-order chi connectivity index (χ1) is 8.74. The van der Waals surface area contributed by atoms with Crippen molar-refractivity contribution in [3.05, 3.63) is 33.8 Å². The van der Waals surface area contributed by atoms with Crippen LogP contribution in [0.2, 0.25) is 10.0 Å². The van der Waals surface area contributed by atoms with Crippen LogP contribution >= 0.6 is 48.0 Å². The molecule has 2 rings (SSSR count). The lowest BCUT2D eigenvalue weighted by atomic mass is 9.99. The number of benzene rings is 1. The largest absolute Gasteiger partial charge is 0.314 e. The third kappa shape index (κ3) is 4.94. The molecule has 0 bridgehead atoms. The number of nitrogens with zero attached hydrogens (tertiary/aromatic N) is 1. The zero-order valence-corrected chi connectivity index (χ0v) is 14.7. The van der Waals surface area contributed by atoms with E-state index < -0.39 is 0 Å². The molecule has 0 aliphatic carbocycles. The summed E-state index contributed by atoms with van der Waals surface area (Å²) in [6.45, 7) is 6.42. The lowest BCUT2D eigenvalue weighted by Gasteiger charge is -2.36. The Hall–Kier alpha value is 0.300. The molecule has 6 heteroatoms. The Bertz CT molecular complexity index is 375. The van der Waals surface area contributed by atoms with E-state index in [1.807, 2.05) is 18.2 Å². The van der Waals surface area contributed by atoms with Gasteiger partial charge in [-0.05, 0) is 18.6 Å². The van der Waals surface area contributed by atoms with E-state index >= 15 is 0 Å². The number of piperazine rings is 1. The van der Waals surface area contributed by atoms with E-state index in [-0.39, 0.29) is 24.8 Å². The zero-order valence-electron chi connectivity index (χ0n) is 11.6. The molecule has 20 heavy (non-hydrogen) atoms. The normalized spacial score (nSPS) is 16.9. The Balaban J connectivity index is 0.00000180. The smallest absolute Gasteiger partial charge is 0.0468 e.